The molecule has 150 valence electrons. The van der Waals surface area contributed by atoms with Crippen molar-refractivity contribution in [2.45, 2.75) is 6.54 Å². The monoisotopic (exact) mass is 420 g/mol. The van der Waals surface area contributed by atoms with Gasteiger partial charge in [0.2, 0.25) is 0 Å². The van der Waals surface area contributed by atoms with Crippen LogP contribution in [0.5, 0.6) is 5.75 Å². The number of nitrogens with zero attached hydrogens (tertiary/aromatic N) is 3. The van der Waals surface area contributed by atoms with E-state index in [2.05, 4.69) is 15.3 Å². The fourth-order valence-corrected chi connectivity index (χ4v) is 3.29. The number of nitrogens with one attached hydrogen (secondary N) is 1. The predicted molar refractivity (Wildman–Crippen MR) is 114 cm³/mol. The minimum absolute atomic E-state index is 0.256. The zero-order valence-electron chi connectivity index (χ0n) is 16.0. The third-order valence-corrected chi connectivity index (χ3v) is 4.91. The number of pyridine rings is 1. The van der Waals surface area contributed by atoms with E-state index < -0.39 is 0 Å². The second kappa shape index (κ2) is 8.34. The van der Waals surface area contributed by atoms with Gasteiger partial charge in [-0.3, -0.25) is 19.1 Å². The molecule has 0 bridgehead atoms. The average molecular weight is 421 g/mol. The Morgan fingerprint density at radius 2 is 2.07 bits per heavy atom. The fourth-order valence-electron chi connectivity index (χ4n) is 3.04. The van der Waals surface area contributed by atoms with Crippen LogP contribution in [-0.2, 0) is 6.54 Å². The Morgan fingerprint density at radius 3 is 2.80 bits per heavy atom. The van der Waals surface area contributed by atoms with Crippen LogP contribution in [0.4, 0.5) is 0 Å². The van der Waals surface area contributed by atoms with Gasteiger partial charge in [-0.25, -0.2) is 4.98 Å². The van der Waals surface area contributed by atoms with Gasteiger partial charge in [-0.15, -0.1) is 0 Å². The number of hydrogen-bond donors (Lipinski definition) is 1. The third-order valence-electron chi connectivity index (χ3n) is 4.61. The Labute approximate surface area is 176 Å². The SMILES string of the molecule is COc1ccc(-n2cnc3cc(C(=O)NCc4cccnc4)ccc3c2=O)cc1Cl. The molecule has 0 spiro atoms. The first kappa shape index (κ1) is 19.6. The average Bonchev–Trinajstić information content (AvgIpc) is 2.78. The van der Waals surface area contributed by atoms with E-state index in [1.165, 1.54) is 18.0 Å². The summed E-state index contributed by atoms with van der Waals surface area (Å²) in [5.74, 6) is 0.262. The van der Waals surface area contributed by atoms with E-state index in [1.54, 1.807) is 48.8 Å². The molecule has 1 amide bonds. The number of benzene rings is 2. The number of amides is 1. The van der Waals surface area contributed by atoms with E-state index in [0.717, 1.165) is 5.56 Å². The topological polar surface area (TPSA) is 86.1 Å². The van der Waals surface area contributed by atoms with Gasteiger partial charge in [-0.1, -0.05) is 17.7 Å². The smallest absolute Gasteiger partial charge is 0.265 e. The number of hydrogen-bond acceptors (Lipinski definition) is 5. The molecule has 2 heterocycles. The van der Waals surface area contributed by atoms with E-state index >= 15 is 0 Å². The van der Waals surface area contributed by atoms with Crippen LogP contribution in [0.3, 0.4) is 0 Å². The van der Waals surface area contributed by atoms with Gasteiger partial charge in [-0.05, 0) is 48.0 Å². The van der Waals surface area contributed by atoms with Gasteiger partial charge in [0.15, 0.2) is 0 Å². The summed E-state index contributed by atoms with van der Waals surface area (Å²) in [6.45, 7) is 0.359. The molecule has 0 saturated heterocycles. The van der Waals surface area contributed by atoms with Crippen LogP contribution in [-0.4, -0.2) is 27.6 Å². The molecule has 0 aliphatic heterocycles. The number of carbonyl (C=O) groups excluding carboxylic acids is 1. The van der Waals surface area contributed by atoms with Crippen molar-refractivity contribution in [3.63, 3.8) is 0 Å². The number of halogens is 1. The summed E-state index contributed by atoms with van der Waals surface area (Å²) in [6, 6.07) is 13.5. The zero-order chi connectivity index (χ0) is 21.1. The minimum Gasteiger partial charge on any atom is -0.495 e. The number of ether oxygens (including phenoxy) is 1. The largest absolute Gasteiger partial charge is 0.495 e. The highest BCUT2D eigenvalue weighted by atomic mass is 35.5. The lowest BCUT2D eigenvalue weighted by Crippen LogP contribution is -2.23. The maximum absolute atomic E-state index is 12.9. The Morgan fingerprint density at radius 1 is 1.20 bits per heavy atom. The first-order valence-electron chi connectivity index (χ1n) is 9.09. The van der Waals surface area contributed by atoms with Crippen molar-refractivity contribution < 1.29 is 9.53 Å². The van der Waals surface area contributed by atoms with E-state index in [-0.39, 0.29) is 11.5 Å². The normalized spacial score (nSPS) is 10.7. The van der Waals surface area contributed by atoms with Crippen molar-refractivity contribution in [2.24, 2.45) is 0 Å². The molecule has 0 saturated carbocycles. The highest BCUT2D eigenvalue weighted by Crippen LogP contribution is 2.26. The Kier molecular flexibility index (Phi) is 5.45. The summed E-state index contributed by atoms with van der Waals surface area (Å²) in [5, 5.41) is 3.62. The molecule has 0 aliphatic rings. The standard InChI is InChI=1S/C22H17ClN4O3/c1-30-20-7-5-16(10-18(20)23)27-13-26-19-9-15(4-6-17(19)22(27)29)21(28)25-12-14-3-2-8-24-11-14/h2-11,13H,12H2,1H3,(H,25,28). The van der Waals surface area contributed by atoms with Gasteiger partial charge >= 0.3 is 0 Å². The van der Waals surface area contributed by atoms with Gasteiger partial charge in [-0.2, -0.15) is 0 Å². The van der Waals surface area contributed by atoms with E-state index in [1.807, 2.05) is 12.1 Å². The second-order valence-electron chi connectivity index (χ2n) is 6.51. The second-order valence-corrected chi connectivity index (χ2v) is 6.92. The maximum atomic E-state index is 12.9. The van der Waals surface area contributed by atoms with Crippen molar-refractivity contribution in [1.29, 1.82) is 0 Å². The first-order chi connectivity index (χ1) is 14.6. The molecule has 4 aromatic rings. The Bertz CT molecular complexity index is 1290. The number of aromatic nitrogens is 3. The van der Waals surface area contributed by atoms with Crippen molar-refractivity contribution in [3.05, 3.63) is 93.8 Å². The summed E-state index contributed by atoms with van der Waals surface area (Å²) in [5.41, 5.74) is 2.06. The van der Waals surface area contributed by atoms with Gasteiger partial charge < -0.3 is 10.1 Å². The van der Waals surface area contributed by atoms with Crippen LogP contribution >= 0.6 is 11.6 Å². The molecule has 0 radical (unpaired) electrons. The Hall–Kier alpha value is -3.71. The van der Waals surface area contributed by atoms with Crippen LogP contribution in [0.15, 0.2) is 72.0 Å². The molecule has 2 aromatic carbocycles. The summed E-state index contributed by atoms with van der Waals surface area (Å²) in [7, 11) is 1.52. The molecule has 30 heavy (non-hydrogen) atoms. The van der Waals surface area contributed by atoms with E-state index in [9.17, 15) is 9.59 Å². The van der Waals surface area contributed by atoms with Gasteiger partial charge in [0.25, 0.3) is 11.5 Å². The summed E-state index contributed by atoms with van der Waals surface area (Å²) in [4.78, 5) is 33.8. The van der Waals surface area contributed by atoms with Crippen LogP contribution in [0.25, 0.3) is 16.6 Å². The summed E-state index contributed by atoms with van der Waals surface area (Å²) < 4.78 is 6.54. The quantitative estimate of drug-likeness (QED) is 0.535. The summed E-state index contributed by atoms with van der Waals surface area (Å²) in [6.07, 6.45) is 4.78. The van der Waals surface area contributed by atoms with Crippen molar-refractivity contribution >= 4 is 28.4 Å². The van der Waals surface area contributed by atoms with Crippen molar-refractivity contribution in [3.8, 4) is 11.4 Å². The molecule has 4 rings (SSSR count). The van der Waals surface area contributed by atoms with E-state index in [4.69, 9.17) is 16.3 Å². The molecule has 1 N–H and O–H groups in total. The highest BCUT2D eigenvalue weighted by molar-refractivity contribution is 6.32. The number of fused-ring (bicyclic) bond motifs is 1. The minimum atomic E-state index is -0.261. The fraction of sp³-hybridized carbons (Fsp3) is 0.0909. The van der Waals surface area contributed by atoms with E-state index in [0.29, 0.717) is 39.5 Å². The molecular formula is C22H17ClN4O3. The van der Waals surface area contributed by atoms with Crippen molar-refractivity contribution in [1.82, 2.24) is 19.9 Å². The number of carbonyl (C=O) groups is 1. The van der Waals surface area contributed by atoms with Crippen LogP contribution in [0, 0.1) is 0 Å². The first-order valence-corrected chi connectivity index (χ1v) is 9.47. The summed E-state index contributed by atoms with van der Waals surface area (Å²) >= 11 is 6.17. The van der Waals surface area contributed by atoms with Gasteiger partial charge in [0.1, 0.15) is 12.1 Å². The molecular weight excluding hydrogens is 404 g/mol. The highest BCUT2D eigenvalue weighted by Gasteiger charge is 2.12. The zero-order valence-corrected chi connectivity index (χ0v) is 16.8. The lowest BCUT2D eigenvalue weighted by atomic mass is 10.1. The maximum Gasteiger partial charge on any atom is 0.265 e. The molecule has 0 aliphatic carbocycles. The Balaban J connectivity index is 1.62. The third kappa shape index (κ3) is 3.88. The molecule has 7 nitrogen and oxygen atoms in total. The van der Waals surface area contributed by atoms with Gasteiger partial charge in [0, 0.05) is 24.5 Å². The van der Waals surface area contributed by atoms with Crippen molar-refractivity contribution in [2.75, 3.05) is 7.11 Å². The number of rotatable bonds is 5. The molecule has 0 atom stereocenters. The molecule has 0 unspecified atom stereocenters. The lowest BCUT2D eigenvalue weighted by molar-refractivity contribution is 0.0951. The predicted octanol–water partition coefficient (Wildman–Crippen LogP) is 3.37. The molecule has 0 fully saturated rings. The molecule has 2 aromatic heterocycles. The van der Waals surface area contributed by atoms with Crippen LogP contribution in [0.2, 0.25) is 5.02 Å². The van der Waals surface area contributed by atoms with Crippen LogP contribution in [0.1, 0.15) is 15.9 Å². The van der Waals surface area contributed by atoms with Gasteiger partial charge in [0.05, 0.1) is 28.7 Å². The number of methoxy groups -OCH3 is 1. The van der Waals surface area contributed by atoms with Crippen LogP contribution < -0.4 is 15.6 Å². The lowest BCUT2D eigenvalue weighted by Gasteiger charge is -2.10. The molecule has 8 heteroatoms.